The van der Waals surface area contributed by atoms with E-state index in [1.54, 1.807) is 30.3 Å². The van der Waals surface area contributed by atoms with Crippen LogP contribution in [0.4, 0.5) is 5.13 Å². The van der Waals surface area contributed by atoms with E-state index < -0.39 is 9.84 Å². The number of nitrogens with two attached hydrogens (primary N) is 1. The van der Waals surface area contributed by atoms with Crippen molar-refractivity contribution in [3.05, 3.63) is 60.7 Å². The van der Waals surface area contributed by atoms with Crippen LogP contribution in [0, 0.1) is 0 Å². The smallest absolute Gasteiger partial charge is 0.218 e. The van der Waals surface area contributed by atoms with Crippen molar-refractivity contribution in [2.45, 2.75) is 9.10 Å². The Hall–Kier alpha value is -2.18. The molecular formula is C15H12N2O2S2. The Balaban J connectivity index is 2.21. The zero-order valence-corrected chi connectivity index (χ0v) is 12.6. The summed E-state index contributed by atoms with van der Waals surface area (Å²) in [5, 5.41) is 0.239. The zero-order valence-electron chi connectivity index (χ0n) is 10.9. The molecule has 106 valence electrons. The molecule has 0 saturated heterocycles. The lowest BCUT2D eigenvalue weighted by Gasteiger charge is -2.04. The molecule has 0 unspecified atom stereocenters. The van der Waals surface area contributed by atoms with Crippen LogP contribution in [0.15, 0.2) is 69.8 Å². The number of benzene rings is 2. The molecule has 4 nitrogen and oxygen atoms in total. The summed E-state index contributed by atoms with van der Waals surface area (Å²) in [6.07, 6.45) is 0. The minimum Gasteiger partial charge on any atom is -0.375 e. The quantitative estimate of drug-likeness (QED) is 0.805. The second-order valence-electron chi connectivity index (χ2n) is 4.37. The van der Waals surface area contributed by atoms with Crippen LogP contribution in [0.25, 0.3) is 11.3 Å². The molecule has 2 N–H and O–H groups in total. The molecule has 6 heteroatoms. The van der Waals surface area contributed by atoms with Gasteiger partial charge in [-0.3, -0.25) is 0 Å². The van der Waals surface area contributed by atoms with Crippen molar-refractivity contribution in [3.63, 3.8) is 0 Å². The van der Waals surface area contributed by atoms with Gasteiger partial charge in [0.1, 0.15) is 5.69 Å². The highest BCUT2D eigenvalue weighted by molar-refractivity contribution is 7.93. The van der Waals surface area contributed by atoms with E-state index in [1.165, 1.54) is 0 Å². The van der Waals surface area contributed by atoms with Crippen molar-refractivity contribution in [2.24, 2.45) is 0 Å². The maximum absolute atomic E-state index is 12.8. The molecule has 21 heavy (non-hydrogen) atoms. The first kappa shape index (κ1) is 13.8. The summed E-state index contributed by atoms with van der Waals surface area (Å²) in [5.74, 6) is 0. The Morgan fingerprint density at radius 2 is 1.48 bits per heavy atom. The molecule has 2 aromatic carbocycles. The predicted molar refractivity (Wildman–Crippen MR) is 83.9 cm³/mol. The maximum atomic E-state index is 12.8. The number of nitrogens with zero attached hydrogens (tertiary/aromatic N) is 1. The topological polar surface area (TPSA) is 73.0 Å². The molecule has 0 aliphatic heterocycles. The van der Waals surface area contributed by atoms with Gasteiger partial charge in [0.25, 0.3) is 0 Å². The fourth-order valence-electron chi connectivity index (χ4n) is 1.99. The van der Waals surface area contributed by atoms with Gasteiger partial charge in [-0.15, -0.1) is 0 Å². The number of anilines is 1. The fraction of sp³-hybridized carbons (Fsp3) is 0. The van der Waals surface area contributed by atoms with Gasteiger partial charge in [-0.1, -0.05) is 59.9 Å². The molecule has 3 rings (SSSR count). The first-order valence-corrected chi connectivity index (χ1v) is 8.51. The number of aromatic nitrogens is 1. The molecule has 0 bridgehead atoms. The molecule has 0 spiro atoms. The number of rotatable bonds is 3. The number of thiazole rings is 1. The second kappa shape index (κ2) is 5.31. The Labute approximate surface area is 126 Å². The van der Waals surface area contributed by atoms with Gasteiger partial charge < -0.3 is 5.73 Å². The lowest BCUT2D eigenvalue weighted by atomic mass is 10.2. The van der Waals surface area contributed by atoms with Crippen LogP contribution in [0.2, 0.25) is 0 Å². The molecule has 0 aliphatic rings. The monoisotopic (exact) mass is 316 g/mol. The predicted octanol–water partition coefficient (Wildman–Crippen LogP) is 3.23. The molecule has 0 atom stereocenters. The van der Waals surface area contributed by atoms with Crippen molar-refractivity contribution >= 4 is 26.3 Å². The van der Waals surface area contributed by atoms with Crippen LogP contribution >= 0.6 is 11.3 Å². The summed E-state index contributed by atoms with van der Waals surface area (Å²) in [6.45, 7) is 0. The number of hydrogen-bond acceptors (Lipinski definition) is 5. The van der Waals surface area contributed by atoms with E-state index in [2.05, 4.69) is 4.98 Å². The molecule has 0 fully saturated rings. The highest BCUT2D eigenvalue weighted by Gasteiger charge is 2.26. The molecule has 3 aromatic rings. The van der Waals surface area contributed by atoms with Crippen LogP contribution in [0.3, 0.4) is 0 Å². The molecule has 0 amide bonds. The number of nitrogen functional groups attached to an aromatic ring is 1. The van der Waals surface area contributed by atoms with E-state index in [0.29, 0.717) is 5.69 Å². The van der Waals surface area contributed by atoms with Crippen molar-refractivity contribution in [3.8, 4) is 11.3 Å². The van der Waals surface area contributed by atoms with E-state index in [4.69, 9.17) is 5.73 Å². The minimum absolute atomic E-state index is 0.178. The summed E-state index contributed by atoms with van der Waals surface area (Å²) in [7, 11) is -3.62. The first-order valence-electron chi connectivity index (χ1n) is 6.21. The summed E-state index contributed by atoms with van der Waals surface area (Å²) in [5.41, 5.74) is 6.88. The largest absolute Gasteiger partial charge is 0.375 e. The van der Waals surface area contributed by atoms with Gasteiger partial charge >= 0.3 is 0 Å². The van der Waals surface area contributed by atoms with E-state index >= 15 is 0 Å². The first-order chi connectivity index (χ1) is 10.1. The second-order valence-corrected chi connectivity index (χ2v) is 7.55. The lowest BCUT2D eigenvalue weighted by molar-refractivity contribution is 0.598. The van der Waals surface area contributed by atoms with Crippen molar-refractivity contribution in [1.29, 1.82) is 0 Å². The SMILES string of the molecule is Nc1nc(-c2ccccc2)c(S(=O)(=O)c2ccccc2)s1. The zero-order chi connectivity index (χ0) is 14.9. The third-order valence-corrected chi connectivity index (χ3v) is 6.12. The van der Waals surface area contributed by atoms with Crippen molar-refractivity contribution in [2.75, 3.05) is 5.73 Å². The number of hydrogen-bond donors (Lipinski definition) is 1. The molecule has 1 aromatic heterocycles. The Morgan fingerprint density at radius 3 is 2.10 bits per heavy atom. The molecule has 1 heterocycles. The van der Waals surface area contributed by atoms with Crippen molar-refractivity contribution < 1.29 is 8.42 Å². The third kappa shape index (κ3) is 2.55. The van der Waals surface area contributed by atoms with Crippen LogP contribution in [-0.4, -0.2) is 13.4 Å². The van der Waals surface area contributed by atoms with Crippen LogP contribution < -0.4 is 5.73 Å². The van der Waals surface area contributed by atoms with Gasteiger partial charge in [-0.05, 0) is 12.1 Å². The van der Waals surface area contributed by atoms with Gasteiger partial charge in [0.05, 0.1) is 4.90 Å². The van der Waals surface area contributed by atoms with Gasteiger partial charge in [-0.2, -0.15) is 0 Å². The molecular weight excluding hydrogens is 304 g/mol. The highest BCUT2D eigenvalue weighted by Crippen LogP contribution is 2.36. The summed E-state index contributed by atoms with van der Waals surface area (Å²) >= 11 is 0.990. The Kier molecular flexibility index (Phi) is 3.48. The Bertz CT molecular complexity index is 857. The standard InChI is InChI=1S/C15H12N2O2S2/c16-15-17-13(11-7-3-1-4-8-11)14(20-15)21(18,19)12-9-5-2-6-10-12/h1-10H,(H2,16,17). The Morgan fingerprint density at radius 1 is 0.905 bits per heavy atom. The lowest BCUT2D eigenvalue weighted by Crippen LogP contribution is -2.01. The van der Waals surface area contributed by atoms with Gasteiger partial charge in [-0.25, -0.2) is 13.4 Å². The van der Waals surface area contributed by atoms with Gasteiger partial charge in [0.15, 0.2) is 9.34 Å². The van der Waals surface area contributed by atoms with E-state index in [-0.39, 0.29) is 14.2 Å². The summed E-state index contributed by atoms with van der Waals surface area (Å²) in [4.78, 5) is 4.43. The maximum Gasteiger partial charge on any atom is 0.218 e. The third-order valence-electron chi connectivity index (χ3n) is 2.96. The van der Waals surface area contributed by atoms with E-state index in [1.807, 2.05) is 30.3 Å². The average Bonchev–Trinajstić information content (AvgIpc) is 2.92. The van der Waals surface area contributed by atoms with Gasteiger partial charge in [0, 0.05) is 5.56 Å². The van der Waals surface area contributed by atoms with Crippen LogP contribution in [-0.2, 0) is 9.84 Å². The number of sulfone groups is 1. The minimum atomic E-state index is -3.62. The molecule has 0 aliphatic carbocycles. The molecule has 0 radical (unpaired) electrons. The summed E-state index contributed by atoms with van der Waals surface area (Å²) in [6, 6.07) is 17.5. The van der Waals surface area contributed by atoms with Gasteiger partial charge in [0.2, 0.25) is 9.84 Å². The highest BCUT2D eigenvalue weighted by atomic mass is 32.2. The van der Waals surface area contributed by atoms with Crippen molar-refractivity contribution in [1.82, 2.24) is 4.98 Å². The van der Waals surface area contributed by atoms with Crippen LogP contribution in [0.1, 0.15) is 0 Å². The fourth-order valence-corrected chi connectivity index (χ4v) is 4.71. The van der Waals surface area contributed by atoms with E-state index in [9.17, 15) is 8.42 Å². The average molecular weight is 316 g/mol. The van der Waals surface area contributed by atoms with Crippen LogP contribution in [0.5, 0.6) is 0 Å². The normalized spacial score (nSPS) is 11.4. The van der Waals surface area contributed by atoms with E-state index in [0.717, 1.165) is 16.9 Å². The summed E-state index contributed by atoms with van der Waals surface area (Å²) < 4.78 is 25.7. The molecule has 0 saturated carbocycles.